The second-order valence-corrected chi connectivity index (χ2v) is 9.61. The van der Waals surface area contributed by atoms with E-state index in [1.165, 1.54) is 16.2 Å². The number of piperidine rings is 1. The molecule has 0 radical (unpaired) electrons. The van der Waals surface area contributed by atoms with Crippen LogP contribution in [0.25, 0.3) is 22.3 Å². The van der Waals surface area contributed by atoms with E-state index in [0.717, 1.165) is 47.2 Å². The second-order valence-electron chi connectivity index (χ2n) is 8.15. The third-order valence-electron chi connectivity index (χ3n) is 5.67. The molecule has 0 aliphatic carbocycles. The lowest BCUT2D eigenvalue weighted by molar-refractivity contribution is 0.0637. The molecule has 1 aliphatic heterocycles. The van der Waals surface area contributed by atoms with Crippen molar-refractivity contribution >= 4 is 28.3 Å². The van der Waals surface area contributed by atoms with E-state index in [2.05, 4.69) is 45.8 Å². The van der Waals surface area contributed by atoms with Gasteiger partial charge in [-0.05, 0) is 66.0 Å². The van der Waals surface area contributed by atoms with E-state index < -0.39 is 0 Å². The molecule has 4 rings (SSSR count). The summed E-state index contributed by atoms with van der Waals surface area (Å²) in [5, 5.41) is 5.40. The first-order valence-electron chi connectivity index (χ1n) is 10.1. The Bertz CT molecular complexity index is 1030. The molecule has 1 saturated heterocycles. The van der Waals surface area contributed by atoms with Gasteiger partial charge in [0.15, 0.2) is 5.65 Å². The monoisotopic (exact) mass is 396 g/mol. The van der Waals surface area contributed by atoms with E-state index in [1.54, 1.807) is 17.5 Å². The van der Waals surface area contributed by atoms with E-state index in [-0.39, 0.29) is 18.0 Å². The lowest BCUT2D eigenvalue weighted by atomic mass is 10.0. The zero-order chi connectivity index (χ0) is 20.0. The summed E-state index contributed by atoms with van der Waals surface area (Å²) in [5.74, 6) is 0.105. The fraction of sp³-hybridized carbons (Fsp3) is 0.500. The van der Waals surface area contributed by atoms with Crippen molar-refractivity contribution in [3.05, 3.63) is 33.6 Å². The molecule has 1 aliphatic rings. The zero-order valence-corrected chi connectivity index (χ0v) is 18.1. The van der Waals surface area contributed by atoms with Crippen molar-refractivity contribution in [1.29, 1.82) is 0 Å². The fourth-order valence-electron chi connectivity index (χ4n) is 4.15. The highest BCUT2D eigenvalue weighted by Gasteiger charge is 2.27. The number of aromatic nitrogens is 3. The molecule has 5 nitrogen and oxygen atoms in total. The van der Waals surface area contributed by atoms with Gasteiger partial charge in [-0.3, -0.25) is 4.79 Å². The first kappa shape index (κ1) is 19.1. The van der Waals surface area contributed by atoms with Gasteiger partial charge in [-0.1, -0.05) is 0 Å². The summed E-state index contributed by atoms with van der Waals surface area (Å²) < 4.78 is 1.92. The van der Waals surface area contributed by atoms with Crippen LogP contribution in [0.2, 0.25) is 0 Å². The maximum absolute atomic E-state index is 13.5. The van der Waals surface area contributed by atoms with Gasteiger partial charge >= 0.3 is 0 Å². The van der Waals surface area contributed by atoms with Gasteiger partial charge in [-0.2, -0.15) is 5.10 Å². The Labute approximate surface area is 170 Å². The molecule has 0 saturated carbocycles. The van der Waals surface area contributed by atoms with Gasteiger partial charge in [0, 0.05) is 33.9 Å². The van der Waals surface area contributed by atoms with Gasteiger partial charge in [-0.25, -0.2) is 9.67 Å². The highest BCUT2D eigenvalue weighted by Crippen LogP contribution is 2.33. The van der Waals surface area contributed by atoms with E-state index in [4.69, 9.17) is 4.98 Å². The minimum atomic E-state index is 0.105. The van der Waals surface area contributed by atoms with Gasteiger partial charge in [0.1, 0.15) is 0 Å². The van der Waals surface area contributed by atoms with E-state index in [9.17, 15) is 4.79 Å². The topological polar surface area (TPSA) is 51.0 Å². The van der Waals surface area contributed by atoms with E-state index >= 15 is 0 Å². The van der Waals surface area contributed by atoms with Crippen LogP contribution in [-0.4, -0.2) is 38.2 Å². The normalized spacial score (nSPS) is 17.6. The first-order chi connectivity index (χ1) is 13.4. The Hall–Kier alpha value is -2.21. The second kappa shape index (κ2) is 7.32. The van der Waals surface area contributed by atoms with Gasteiger partial charge in [0.2, 0.25) is 0 Å². The lowest BCUT2D eigenvalue weighted by Crippen LogP contribution is -2.42. The molecule has 0 aromatic carbocycles. The van der Waals surface area contributed by atoms with Crippen molar-refractivity contribution in [1.82, 2.24) is 19.7 Å². The number of thiophene rings is 1. The van der Waals surface area contributed by atoms with Crippen LogP contribution < -0.4 is 0 Å². The molecule has 3 aromatic heterocycles. The summed E-state index contributed by atoms with van der Waals surface area (Å²) in [6, 6.07) is 4.61. The largest absolute Gasteiger partial charge is 0.336 e. The molecular formula is C22H28N4OS. The summed E-state index contributed by atoms with van der Waals surface area (Å²) in [7, 11) is 0. The van der Waals surface area contributed by atoms with Crippen molar-refractivity contribution in [2.75, 3.05) is 6.54 Å². The van der Waals surface area contributed by atoms with Crippen LogP contribution in [0.1, 0.15) is 66.2 Å². The number of carbonyl (C=O) groups is 1. The molecule has 0 spiro atoms. The van der Waals surface area contributed by atoms with Gasteiger partial charge < -0.3 is 4.90 Å². The maximum Gasteiger partial charge on any atom is 0.254 e. The van der Waals surface area contributed by atoms with Crippen molar-refractivity contribution in [2.24, 2.45) is 0 Å². The zero-order valence-electron chi connectivity index (χ0n) is 17.3. The predicted octanol–water partition coefficient (Wildman–Crippen LogP) is 5.37. The third-order valence-corrected chi connectivity index (χ3v) is 6.63. The summed E-state index contributed by atoms with van der Waals surface area (Å²) in [4.78, 5) is 23.0. The average molecular weight is 397 g/mol. The fourth-order valence-corrected chi connectivity index (χ4v) is 5.08. The molecule has 1 amide bonds. The number of pyridine rings is 1. The average Bonchev–Trinajstić information content (AvgIpc) is 3.23. The standard InChI is InChI=1S/C22H28N4OS/c1-13(2)26-21-19(12-23-26)18(22(27)25-9-7-6-8-14(25)3)11-20(24-21)17-10-15(4)28-16(17)5/h10-14H,6-9H2,1-5H3/t14-/m0/s1. The van der Waals surface area contributed by atoms with Gasteiger partial charge in [0.25, 0.3) is 5.91 Å². The Balaban J connectivity index is 1.91. The van der Waals surface area contributed by atoms with Gasteiger partial charge in [-0.15, -0.1) is 11.3 Å². The predicted molar refractivity (Wildman–Crippen MR) is 115 cm³/mol. The highest BCUT2D eigenvalue weighted by molar-refractivity contribution is 7.12. The lowest BCUT2D eigenvalue weighted by Gasteiger charge is -2.33. The van der Waals surface area contributed by atoms with Crippen LogP contribution >= 0.6 is 11.3 Å². The van der Waals surface area contributed by atoms with E-state index in [0.29, 0.717) is 0 Å². The maximum atomic E-state index is 13.5. The minimum absolute atomic E-state index is 0.105. The first-order valence-corrected chi connectivity index (χ1v) is 10.9. The van der Waals surface area contributed by atoms with Crippen LogP contribution in [0.15, 0.2) is 18.3 Å². The smallest absolute Gasteiger partial charge is 0.254 e. The van der Waals surface area contributed by atoms with Crippen LogP contribution in [-0.2, 0) is 0 Å². The number of hydrogen-bond acceptors (Lipinski definition) is 4. The van der Waals surface area contributed by atoms with Crippen LogP contribution in [0.3, 0.4) is 0 Å². The Morgan fingerprint density at radius 2 is 2.04 bits per heavy atom. The van der Waals surface area contributed by atoms with Crippen molar-refractivity contribution in [3.63, 3.8) is 0 Å². The van der Waals surface area contributed by atoms with Crippen LogP contribution in [0.5, 0.6) is 0 Å². The molecule has 1 atom stereocenters. The summed E-state index contributed by atoms with van der Waals surface area (Å²) >= 11 is 1.77. The van der Waals surface area contributed by atoms with E-state index in [1.807, 2.05) is 15.6 Å². The Morgan fingerprint density at radius 3 is 2.68 bits per heavy atom. The molecule has 0 N–H and O–H groups in total. The molecule has 3 aromatic rings. The van der Waals surface area contributed by atoms with Crippen molar-refractivity contribution in [3.8, 4) is 11.3 Å². The Morgan fingerprint density at radius 1 is 1.25 bits per heavy atom. The number of amides is 1. The van der Waals surface area contributed by atoms with Crippen LogP contribution in [0.4, 0.5) is 0 Å². The van der Waals surface area contributed by atoms with Gasteiger partial charge in [0.05, 0.1) is 22.8 Å². The quantitative estimate of drug-likeness (QED) is 0.598. The van der Waals surface area contributed by atoms with Crippen LogP contribution in [0, 0.1) is 13.8 Å². The number of hydrogen-bond donors (Lipinski definition) is 0. The number of nitrogens with zero attached hydrogens (tertiary/aromatic N) is 4. The SMILES string of the molecule is Cc1cc(-c2cc(C(=O)N3CCCC[C@@H]3C)c3cnn(C(C)C)c3n2)c(C)s1. The summed E-state index contributed by atoms with van der Waals surface area (Å²) in [6.45, 7) is 11.4. The molecule has 4 heterocycles. The summed E-state index contributed by atoms with van der Waals surface area (Å²) in [6.07, 6.45) is 5.15. The number of likely N-dealkylation sites (tertiary alicyclic amines) is 1. The molecule has 148 valence electrons. The molecule has 1 fully saturated rings. The number of fused-ring (bicyclic) bond motifs is 1. The Kier molecular flexibility index (Phi) is 5.00. The number of rotatable bonds is 3. The third kappa shape index (κ3) is 3.24. The minimum Gasteiger partial charge on any atom is -0.336 e. The molecule has 28 heavy (non-hydrogen) atoms. The molecule has 0 bridgehead atoms. The number of aryl methyl sites for hydroxylation is 2. The number of carbonyl (C=O) groups excluding carboxylic acids is 1. The van der Waals surface area contributed by atoms with Crippen molar-refractivity contribution in [2.45, 2.75) is 66.0 Å². The molecule has 6 heteroatoms. The van der Waals surface area contributed by atoms with Crippen molar-refractivity contribution < 1.29 is 4.79 Å². The highest BCUT2D eigenvalue weighted by atomic mass is 32.1. The summed E-state index contributed by atoms with van der Waals surface area (Å²) in [5.41, 5.74) is 3.50. The molecule has 0 unspecified atom stereocenters. The molecular weight excluding hydrogens is 368 g/mol.